The Labute approximate surface area is 79.9 Å². The molecule has 3 nitrogen and oxygen atoms in total. The number of carbonyl (C=O) groups is 1. The SMILES string of the molecule is NC(=O)c1cccc2ccn(CF)c12. The fourth-order valence-corrected chi connectivity index (χ4v) is 1.56. The van der Waals surface area contributed by atoms with E-state index in [1.165, 1.54) is 4.57 Å². The number of para-hydroxylation sites is 1. The molecule has 2 N–H and O–H groups in total. The van der Waals surface area contributed by atoms with Crippen molar-refractivity contribution in [2.24, 2.45) is 5.73 Å². The normalized spacial score (nSPS) is 10.6. The number of amides is 1. The standard InChI is InChI=1S/C10H9FN2O/c11-6-13-5-4-7-2-1-3-8(9(7)13)10(12)14/h1-5H,6H2,(H2,12,14). The van der Waals surface area contributed by atoms with Crippen LogP contribution in [0.3, 0.4) is 0 Å². The van der Waals surface area contributed by atoms with E-state index in [9.17, 15) is 9.18 Å². The molecule has 0 fully saturated rings. The van der Waals surface area contributed by atoms with E-state index in [2.05, 4.69) is 0 Å². The second-order valence-electron chi connectivity index (χ2n) is 3.01. The van der Waals surface area contributed by atoms with E-state index >= 15 is 0 Å². The van der Waals surface area contributed by atoms with Gasteiger partial charge in [0, 0.05) is 11.6 Å². The van der Waals surface area contributed by atoms with Gasteiger partial charge >= 0.3 is 0 Å². The summed E-state index contributed by atoms with van der Waals surface area (Å²) in [6.07, 6.45) is 1.59. The van der Waals surface area contributed by atoms with Crippen LogP contribution in [0.15, 0.2) is 30.5 Å². The van der Waals surface area contributed by atoms with Gasteiger partial charge in [-0.2, -0.15) is 0 Å². The topological polar surface area (TPSA) is 48.0 Å². The largest absolute Gasteiger partial charge is 0.366 e. The number of alkyl halides is 1. The van der Waals surface area contributed by atoms with Gasteiger partial charge in [-0.05, 0) is 12.1 Å². The number of primary amides is 1. The van der Waals surface area contributed by atoms with Gasteiger partial charge in [-0.3, -0.25) is 4.79 Å². The highest BCUT2D eigenvalue weighted by molar-refractivity contribution is 6.05. The Hall–Kier alpha value is -1.84. The molecule has 0 unspecified atom stereocenters. The molecular formula is C10H9FN2O. The van der Waals surface area contributed by atoms with Crippen LogP contribution in [-0.4, -0.2) is 10.5 Å². The predicted octanol–water partition coefficient (Wildman–Crippen LogP) is 1.67. The average Bonchev–Trinajstić information content (AvgIpc) is 2.59. The zero-order valence-electron chi connectivity index (χ0n) is 7.40. The lowest BCUT2D eigenvalue weighted by atomic mass is 10.1. The number of rotatable bonds is 2. The first-order valence-corrected chi connectivity index (χ1v) is 4.17. The van der Waals surface area contributed by atoms with Gasteiger partial charge in [0.1, 0.15) is 0 Å². The molecule has 0 aliphatic rings. The Balaban J connectivity index is 2.81. The summed E-state index contributed by atoms with van der Waals surface area (Å²) in [4.78, 5) is 11.1. The van der Waals surface area contributed by atoms with Crippen molar-refractivity contribution in [1.82, 2.24) is 4.57 Å². The van der Waals surface area contributed by atoms with E-state index in [1.807, 2.05) is 6.07 Å². The molecule has 2 rings (SSSR count). The smallest absolute Gasteiger partial charge is 0.250 e. The van der Waals surface area contributed by atoms with Gasteiger partial charge < -0.3 is 10.3 Å². The van der Waals surface area contributed by atoms with Crippen LogP contribution in [0.25, 0.3) is 10.9 Å². The number of hydrogen-bond acceptors (Lipinski definition) is 1. The first-order valence-electron chi connectivity index (χ1n) is 4.17. The molecule has 1 amide bonds. The second kappa shape index (κ2) is 3.14. The van der Waals surface area contributed by atoms with Crippen molar-refractivity contribution < 1.29 is 9.18 Å². The molecule has 1 aromatic carbocycles. The lowest BCUT2D eigenvalue weighted by Crippen LogP contribution is -2.12. The maximum Gasteiger partial charge on any atom is 0.250 e. The van der Waals surface area contributed by atoms with E-state index in [0.29, 0.717) is 11.1 Å². The van der Waals surface area contributed by atoms with Crippen LogP contribution in [0.5, 0.6) is 0 Å². The zero-order valence-corrected chi connectivity index (χ0v) is 7.40. The van der Waals surface area contributed by atoms with E-state index in [4.69, 9.17) is 5.73 Å². The quantitative estimate of drug-likeness (QED) is 0.772. The number of aromatic nitrogens is 1. The molecule has 0 spiro atoms. The Kier molecular flexibility index (Phi) is 1.96. The van der Waals surface area contributed by atoms with Crippen molar-refractivity contribution in [3.05, 3.63) is 36.0 Å². The summed E-state index contributed by atoms with van der Waals surface area (Å²) in [6.45, 7) is -0.659. The van der Waals surface area contributed by atoms with Gasteiger partial charge in [0.25, 0.3) is 5.91 Å². The highest BCUT2D eigenvalue weighted by Crippen LogP contribution is 2.19. The molecule has 0 aliphatic carbocycles. The fraction of sp³-hybridized carbons (Fsp3) is 0.100. The van der Waals surface area contributed by atoms with Crippen LogP contribution >= 0.6 is 0 Å². The van der Waals surface area contributed by atoms with Gasteiger partial charge in [0.15, 0.2) is 6.80 Å². The highest BCUT2D eigenvalue weighted by atomic mass is 19.1. The third-order valence-corrected chi connectivity index (χ3v) is 2.18. The molecular weight excluding hydrogens is 183 g/mol. The second-order valence-corrected chi connectivity index (χ2v) is 3.01. The molecule has 1 heterocycles. The zero-order chi connectivity index (χ0) is 10.1. The number of fused-ring (bicyclic) bond motifs is 1. The van der Waals surface area contributed by atoms with E-state index in [-0.39, 0.29) is 0 Å². The van der Waals surface area contributed by atoms with E-state index < -0.39 is 12.7 Å². The summed E-state index contributed by atoms with van der Waals surface area (Å²) in [6, 6.07) is 6.89. The Bertz CT molecular complexity index is 490. The lowest BCUT2D eigenvalue weighted by molar-refractivity contribution is 0.100. The molecule has 0 atom stereocenters. The van der Waals surface area contributed by atoms with E-state index in [0.717, 1.165) is 5.39 Å². The van der Waals surface area contributed by atoms with Crippen molar-refractivity contribution in [3.8, 4) is 0 Å². The van der Waals surface area contributed by atoms with Crippen molar-refractivity contribution >= 4 is 16.8 Å². The minimum Gasteiger partial charge on any atom is -0.366 e. The molecule has 72 valence electrons. The third-order valence-electron chi connectivity index (χ3n) is 2.18. The summed E-state index contributed by atoms with van der Waals surface area (Å²) in [5.41, 5.74) is 6.10. The molecule has 0 aliphatic heterocycles. The molecule has 4 heteroatoms. The molecule has 0 saturated carbocycles. The number of benzene rings is 1. The van der Waals surface area contributed by atoms with Gasteiger partial charge in [0.05, 0.1) is 11.1 Å². The number of nitrogens with zero attached hydrogens (tertiary/aromatic N) is 1. The van der Waals surface area contributed by atoms with Crippen molar-refractivity contribution in [3.63, 3.8) is 0 Å². The third kappa shape index (κ3) is 1.16. The summed E-state index contributed by atoms with van der Waals surface area (Å²) in [5, 5.41) is 0.818. The van der Waals surface area contributed by atoms with E-state index in [1.54, 1.807) is 24.4 Å². The van der Waals surface area contributed by atoms with Crippen LogP contribution in [0.1, 0.15) is 10.4 Å². The molecule has 0 saturated heterocycles. The number of hydrogen-bond donors (Lipinski definition) is 1. The summed E-state index contributed by atoms with van der Waals surface area (Å²) in [7, 11) is 0. The molecule has 0 radical (unpaired) electrons. The van der Waals surface area contributed by atoms with Gasteiger partial charge in [-0.1, -0.05) is 12.1 Å². The van der Waals surface area contributed by atoms with Crippen molar-refractivity contribution in [2.75, 3.05) is 0 Å². The van der Waals surface area contributed by atoms with Crippen LogP contribution in [0, 0.1) is 0 Å². The maximum atomic E-state index is 12.5. The summed E-state index contributed by atoms with van der Waals surface area (Å²) < 4.78 is 13.9. The Morgan fingerprint density at radius 3 is 2.86 bits per heavy atom. The van der Waals surface area contributed by atoms with Gasteiger partial charge in [-0.25, -0.2) is 4.39 Å². The first kappa shape index (κ1) is 8.74. The molecule has 14 heavy (non-hydrogen) atoms. The van der Waals surface area contributed by atoms with Crippen molar-refractivity contribution in [1.29, 1.82) is 0 Å². The van der Waals surface area contributed by atoms with Gasteiger partial charge in [-0.15, -0.1) is 0 Å². The highest BCUT2D eigenvalue weighted by Gasteiger charge is 2.09. The Morgan fingerprint density at radius 1 is 1.43 bits per heavy atom. The summed E-state index contributed by atoms with van der Waals surface area (Å²) >= 11 is 0. The van der Waals surface area contributed by atoms with Crippen molar-refractivity contribution in [2.45, 2.75) is 6.80 Å². The molecule has 2 aromatic rings. The van der Waals surface area contributed by atoms with Crippen LogP contribution in [-0.2, 0) is 6.80 Å². The monoisotopic (exact) mass is 192 g/mol. The average molecular weight is 192 g/mol. The minimum absolute atomic E-state index is 0.352. The van der Waals surface area contributed by atoms with Crippen LogP contribution < -0.4 is 5.73 Å². The summed E-state index contributed by atoms with van der Waals surface area (Å²) in [5.74, 6) is -0.538. The Morgan fingerprint density at radius 2 is 2.21 bits per heavy atom. The molecule has 1 aromatic heterocycles. The first-order chi connectivity index (χ1) is 6.74. The van der Waals surface area contributed by atoms with Gasteiger partial charge in [0.2, 0.25) is 0 Å². The van der Waals surface area contributed by atoms with Crippen LogP contribution in [0.4, 0.5) is 4.39 Å². The minimum atomic E-state index is -0.659. The fourth-order valence-electron chi connectivity index (χ4n) is 1.56. The number of nitrogens with two attached hydrogens (primary N) is 1. The number of carbonyl (C=O) groups excluding carboxylic acids is 1. The lowest BCUT2D eigenvalue weighted by Gasteiger charge is -2.02. The molecule has 0 bridgehead atoms. The predicted molar refractivity (Wildman–Crippen MR) is 51.6 cm³/mol. The maximum absolute atomic E-state index is 12.5. The number of halogens is 1. The van der Waals surface area contributed by atoms with Crippen LogP contribution in [0.2, 0.25) is 0 Å².